The minimum Gasteiger partial charge on any atom is -0.466 e. The van der Waals surface area contributed by atoms with Crippen LogP contribution in [-0.4, -0.2) is 24.7 Å². The zero-order valence-electron chi connectivity index (χ0n) is 11.5. The number of carbonyl (C=O) groups excluding carboxylic acids is 1. The zero-order valence-corrected chi connectivity index (χ0v) is 11.5. The van der Waals surface area contributed by atoms with Gasteiger partial charge in [0.1, 0.15) is 0 Å². The molecule has 1 fully saturated rings. The average Bonchev–Trinajstić information content (AvgIpc) is 2.36. The van der Waals surface area contributed by atoms with Crippen molar-refractivity contribution in [1.82, 2.24) is 5.32 Å². The van der Waals surface area contributed by atoms with E-state index in [2.05, 4.69) is 19.2 Å². The van der Waals surface area contributed by atoms with E-state index < -0.39 is 0 Å². The minimum atomic E-state index is 0.00328. The molecule has 2 unspecified atom stereocenters. The zero-order chi connectivity index (χ0) is 12.7. The Bertz CT molecular complexity index is 226. The van der Waals surface area contributed by atoms with Gasteiger partial charge < -0.3 is 10.1 Å². The number of rotatable bonds is 6. The summed E-state index contributed by atoms with van der Waals surface area (Å²) in [6.07, 6.45) is 6.62. The van der Waals surface area contributed by atoms with Crippen LogP contribution in [0.1, 0.15) is 59.3 Å². The quantitative estimate of drug-likeness (QED) is 0.727. The van der Waals surface area contributed by atoms with Gasteiger partial charge in [0, 0.05) is 12.1 Å². The van der Waals surface area contributed by atoms with Crippen LogP contribution in [0, 0.1) is 5.92 Å². The fourth-order valence-corrected chi connectivity index (χ4v) is 2.67. The van der Waals surface area contributed by atoms with E-state index in [-0.39, 0.29) is 11.9 Å². The summed E-state index contributed by atoms with van der Waals surface area (Å²) in [5, 5.41) is 3.67. The highest BCUT2D eigenvalue weighted by atomic mass is 16.5. The predicted octanol–water partition coefficient (Wildman–Crippen LogP) is 2.89. The second kappa shape index (κ2) is 7.70. The molecule has 3 heteroatoms. The molecule has 3 nitrogen and oxygen atoms in total. The van der Waals surface area contributed by atoms with Gasteiger partial charge in [0.15, 0.2) is 0 Å². The first-order chi connectivity index (χ1) is 8.21. The topological polar surface area (TPSA) is 38.3 Å². The maximum Gasteiger partial charge on any atom is 0.308 e. The number of hydrogen-bond acceptors (Lipinski definition) is 3. The van der Waals surface area contributed by atoms with Crippen molar-refractivity contribution in [2.24, 2.45) is 5.92 Å². The molecule has 1 aliphatic rings. The molecule has 0 heterocycles. The van der Waals surface area contributed by atoms with Gasteiger partial charge in [0.05, 0.1) is 12.5 Å². The largest absolute Gasteiger partial charge is 0.466 e. The molecule has 0 aliphatic heterocycles. The van der Waals surface area contributed by atoms with Crippen LogP contribution in [0.3, 0.4) is 0 Å². The SMILES string of the molecule is CCOC(=O)C1CCCC(NC(CC)CC)C1. The van der Waals surface area contributed by atoms with Crippen molar-refractivity contribution >= 4 is 5.97 Å². The molecule has 0 radical (unpaired) electrons. The second-order valence-electron chi connectivity index (χ2n) is 4.99. The van der Waals surface area contributed by atoms with Gasteiger partial charge in [-0.2, -0.15) is 0 Å². The third-order valence-electron chi connectivity index (χ3n) is 3.75. The van der Waals surface area contributed by atoms with Gasteiger partial charge in [-0.1, -0.05) is 20.3 Å². The second-order valence-corrected chi connectivity index (χ2v) is 4.99. The number of esters is 1. The van der Waals surface area contributed by atoms with Crippen LogP contribution in [0.2, 0.25) is 0 Å². The highest BCUT2D eigenvalue weighted by Crippen LogP contribution is 2.26. The molecule has 0 bridgehead atoms. The van der Waals surface area contributed by atoms with Gasteiger partial charge in [-0.15, -0.1) is 0 Å². The van der Waals surface area contributed by atoms with Crippen molar-refractivity contribution in [3.63, 3.8) is 0 Å². The maximum atomic E-state index is 11.7. The van der Waals surface area contributed by atoms with E-state index in [1.165, 1.54) is 6.42 Å². The van der Waals surface area contributed by atoms with Crippen LogP contribution in [0.4, 0.5) is 0 Å². The van der Waals surface area contributed by atoms with Gasteiger partial charge in [0.25, 0.3) is 0 Å². The number of nitrogens with one attached hydrogen (secondary N) is 1. The van der Waals surface area contributed by atoms with Crippen LogP contribution < -0.4 is 5.32 Å². The van der Waals surface area contributed by atoms with Crippen LogP contribution in [0.25, 0.3) is 0 Å². The summed E-state index contributed by atoms with van der Waals surface area (Å²) < 4.78 is 5.12. The minimum absolute atomic E-state index is 0.00328. The van der Waals surface area contributed by atoms with Gasteiger partial charge in [-0.25, -0.2) is 0 Å². The molecule has 0 saturated heterocycles. The number of hydrogen-bond donors (Lipinski definition) is 1. The maximum absolute atomic E-state index is 11.7. The molecule has 1 rings (SSSR count). The van der Waals surface area contributed by atoms with E-state index in [0.29, 0.717) is 18.7 Å². The summed E-state index contributed by atoms with van der Waals surface area (Å²) in [5.74, 6) is 0.124. The normalized spacial score (nSPS) is 24.9. The van der Waals surface area contributed by atoms with E-state index in [4.69, 9.17) is 4.74 Å². The Morgan fingerprint density at radius 1 is 1.29 bits per heavy atom. The standard InChI is InChI=1S/C14H27NO2/c1-4-12(5-2)15-13-9-7-8-11(10-13)14(16)17-6-3/h11-13,15H,4-10H2,1-3H3. The lowest BCUT2D eigenvalue weighted by Crippen LogP contribution is -2.42. The lowest BCUT2D eigenvalue weighted by molar-refractivity contribution is -0.149. The first kappa shape index (κ1) is 14.5. The van der Waals surface area contributed by atoms with Gasteiger partial charge in [-0.3, -0.25) is 4.79 Å². The van der Waals surface area contributed by atoms with Crippen LogP contribution in [-0.2, 0) is 9.53 Å². The van der Waals surface area contributed by atoms with E-state index in [1.54, 1.807) is 0 Å². The van der Waals surface area contributed by atoms with Crippen molar-refractivity contribution in [2.75, 3.05) is 6.61 Å². The van der Waals surface area contributed by atoms with Crippen molar-refractivity contribution in [2.45, 2.75) is 71.4 Å². The highest BCUT2D eigenvalue weighted by molar-refractivity contribution is 5.72. The number of ether oxygens (including phenoxy) is 1. The smallest absolute Gasteiger partial charge is 0.308 e. The van der Waals surface area contributed by atoms with E-state index in [0.717, 1.165) is 32.1 Å². The fourth-order valence-electron chi connectivity index (χ4n) is 2.67. The lowest BCUT2D eigenvalue weighted by atomic mass is 9.85. The van der Waals surface area contributed by atoms with Gasteiger partial charge >= 0.3 is 5.97 Å². The van der Waals surface area contributed by atoms with Crippen molar-refractivity contribution in [3.8, 4) is 0 Å². The van der Waals surface area contributed by atoms with Crippen LogP contribution in [0.5, 0.6) is 0 Å². The first-order valence-electron chi connectivity index (χ1n) is 7.13. The summed E-state index contributed by atoms with van der Waals surface area (Å²) in [7, 11) is 0. The van der Waals surface area contributed by atoms with Gasteiger partial charge in [0.2, 0.25) is 0 Å². The Balaban J connectivity index is 2.40. The molecule has 0 amide bonds. The summed E-state index contributed by atoms with van der Waals surface area (Å²) >= 11 is 0. The van der Waals surface area contributed by atoms with E-state index in [1.807, 2.05) is 6.92 Å². The molecule has 100 valence electrons. The summed E-state index contributed by atoms with van der Waals surface area (Å²) in [5.41, 5.74) is 0. The molecular weight excluding hydrogens is 214 g/mol. The highest BCUT2D eigenvalue weighted by Gasteiger charge is 2.28. The molecule has 17 heavy (non-hydrogen) atoms. The molecule has 2 atom stereocenters. The Morgan fingerprint density at radius 3 is 2.59 bits per heavy atom. The van der Waals surface area contributed by atoms with Crippen LogP contribution >= 0.6 is 0 Å². The third kappa shape index (κ3) is 4.66. The Labute approximate surface area is 105 Å². The molecule has 0 aromatic heterocycles. The Hall–Kier alpha value is -0.570. The van der Waals surface area contributed by atoms with Crippen molar-refractivity contribution in [3.05, 3.63) is 0 Å². The first-order valence-corrected chi connectivity index (χ1v) is 7.13. The number of carbonyl (C=O) groups is 1. The molecule has 0 aromatic carbocycles. The Morgan fingerprint density at radius 2 is 2.00 bits per heavy atom. The third-order valence-corrected chi connectivity index (χ3v) is 3.75. The van der Waals surface area contributed by atoms with Gasteiger partial charge in [-0.05, 0) is 39.0 Å². The fraction of sp³-hybridized carbons (Fsp3) is 0.929. The average molecular weight is 241 g/mol. The predicted molar refractivity (Wildman–Crippen MR) is 69.9 cm³/mol. The molecule has 0 spiro atoms. The Kier molecular flexibility index (Phi) is 6.56. The summed E-state index contributed by atoms with van der Waals surface area (Å²) in [6.45, 7) is 6.81. The summed E-state index contributed by atoms with van der Waals surface area (Å²) in [6, 6.07) is 1.10. The monoisotopic (exact) mass is 241 g/mol. The van der Waals surface area contributed by atoms with E-state index >= 15 is 0 Å². The van der Waals surface area contributed by atoms with Crippen molar-refractivity contribution < 1.29 is 9.53 Å². The molecule has 1 saturated carbocycles. The molecule has 0 aromatic rings. The lowest BCUT2D eigenvalue weighted by Gasteiger charge is -2.31. The van der Waals surface area contributed by atoms with E-state index in [9.17, 15) is 4.79 Å². The van der Waals surface area contributed by atoms with Crippen molar-refractivity contribution in [1.29, 1.82) is 0 Å². The molecule has 1 aliphatic carbocycles. The van der Waals surface area contributed by atoms with Crippen LogP contribution in [0.15, 0.2) is 0 Å². The molecule has 1 N–H and O–H groups in total. The summed E-state index contributed by atoms with van der Waals surface area (Å²) in [4.78, 5) is 11.7. The molecular formula is C14H27NO2.